The molecule has 54 valence electrons. The smallest absolute Gasteiger partial charge is 0.0555 e. The van der Waals surface area contributed by atoms with Crippen LogP contribution in [0, 0.1) is 0 Å². The second-order valence-corrected chi connectivity index (χ2v) is 2.93. The molecule has 1 saturated carbocycles. The van der Waals surface area contributed by atoms with Crippen LogP contribution >= 0.6 is 0 Å². The Labute approximate surface area is 56.1 Å². The third-order valence-corrected chi connectivity index (χ3v) is 1.94. The van der Waals surface area contributed by atoms with E-state index in [-0.39, 0.29) is 12.1 Å². The van der Waals surface area contributed by atoms with Crippen molar-refractivity contribution < 1.29 is 5.11 Å². The first-order valence-corrected chi connectivity index (χ1v) is 3.72. The molecule has 0 amide bonds. The maximum atomic E-state index is 9.18. The lowest BCUT2D eigenvalue weighted by atomic mass is 10.1. The highest BCUT2D eigenvalue weighted by Gasteiger charge is 2.13. The zero-order chi connectivity index (χ0) is 6.69. The van der Waals surface area contributed by atoms with Crippen molar-refractivity contribution in [1.82, 2.24) is 0 Å². The molecule has 9 heavy (non-hydrogen) atoms. The van der Waals surface area contributed by atoms with E-state index in [9.17, 15) is 5.11 Å². The predicted octanol–water partition coefficient (Wildman–Crippen LogP) is 0.639. The normalized spacial score (nSPS) is 38.0. The molecule has 1 aliphatic rings. The predicted molar refractivity (Wildman–Crippen MR) is 37.1 cm³/mol. The van der Waals surface area contributed by atoms with Gasteiger partial charge in [-0.3, -0.25) is 0 Å². The minimum absolute atomic E-state index is 0.123. The van der Waals surface area contributed by atoms with Crippen LogP contribution in [-0.4, -0.2) is 17.3 Å². The molecule has 0 radical (unpaired) electrons. The van der Waals surface area contributed by atoms with E-state index < -0.39 is 0 Å². The molecule has 1 fully saturated rings. The fourth-order valence-electron chi connectivity index (χ4n) is 1.37. The summed E-state index contributed by atoms with van der Waals surface area (Å²) in [4.78, 5) is 0. The Bertz CT molecular complexity index is 75.0. The highest BCUT2D eigenvalue weighted by molar-refractivity contribution is 4.71. The summed E-state index contributed by atoms with van der Waals surface area (Å²) in [6.07, 6.45) is 5.07. The molecule has 0 aliphatic heterocycles. The van der Waals surface area contributed by atoms with Crippen LogP contribution in [0.1, 0.15) is 32.1 Å². The number of hydrogen-bond donors (Lipinski definition) is 2. The minimum Gasteiger partial charge on any atom is -0.393 e. The summed E-state index contributed by atoms with van der Waals surface area (Å²) in [5, 5.41) is 9.18. The molecule has 0 spiro atoms. The molecule has 0 aromatic carbocycles. The van der Waals surface area contributed by atoms with Crippen LogP contribution < -0.4 is 5.73 Å². The molecule has 0 bridgehead atoms. The second-order valence-electron chi connectivity index (χ2n) is 2.93. The highest BCUT2D eigenvalue weighted by atomic mass is 16.3. The Balaban J connectivity index is 2.29. The molecule has 0 saturated heterocycles. The Morgan fingerprint density at radius 1 is 1.22 bits per heavy atom. The van der Waals surface area contributed by atoms with Crippen molar-refractivity contribution in [3.63, 3.8) is 0 Å². The molecule has 2 heteroatoms. The highest BCUT2D eigenvalue weighted by Crippen LogP contribution is 2.15. The Kier molecular flexibility index (Phi) is 2.49. The molecule has 1 rings (SSSR count). The summed E-state index contributed by atoms with van der Waals surface area (Å²) in [5.41, 5.74) is 5.67. The third kappa shape index (κ3) is 2.33. The first kappa shape index (κ1) is 7.03. The van der Waals surface area contributed by atoms with Gasteiger partial charge in [-0.1, -0.05) is 12.8 Å². The molecule has 2 nitrogen and oxygen atoms in total. The number of aliphatic hydroxyl groups excluding tert-OH is 1. The minimum atomic E-state index is -0.123. The van der Waals surface area contributed by atoms with Crippen molar-refractivity contribution in [2.75, 3.05) is 0 Å². The summed E-state index contributed by atoms with van der Waals surface area (Å²) in [5.74, 6) is 0. The Morgan fingerprint density at radius 2 is 1.89 bits per heavy atom. The maximum Gasteiger partial charge on any atom is 0.0555 e. The van der Waals surface area contributed by atoms with E-state index >= 15 is 0 Å². The average molecular weight is 129 g/mol. The van der Waals surface area contributed by atoms with Crippen LogP contribution in [0.15, 0.2) is 0 Å². The monoisotopic (exact) mass is 129 g/mol. The first-order chi connectivity index (χ1) is 4.29. The van der Waals surface area contributed by atoms with Crippen molar-refractivity contribution in [2.45, 2.75) is 44.2 Å². The van der Waals surface area contributed by atoms with Crippen molar-refractivity contribution in [3.8, 4) is 0 Å². The Morgan fingerprint density at radius 3 is 2.67 bits per heavy atom. The average Bonchev–Trinajstić information content (AvgIpc) is 1.93. The summed E-state index contributed by atoms with van der Waals surface area (Å²) in [7, 11) is 0. The van der Waals surface area contributed by atoms with Gasteiger partial charge in [0.05, 0.1) is 6.10 Å². The van der Waals surface area contributed by atoms with Gasteiger partial charge >= 0.3 is 0 Å². The van der Waals surface area contributed by atoms with E-state index in [0.29, 0.717) is 0 Å². The first-order valence-electron chi connectivity index (χ1n) is 3.72. The van der Waals surface area contributed by atoms with Crippen LogP contribution in [0.5, 0.6) is 0 Å². The van der Waals surface area contributed by atoms with Gasteiger partial charge in [-0.15, -0.1) is 0 Å². The van der Waals surface area contributed by atoms with E-state index in [0.717, 1.165) is 25.7 Å². The number of hydrogen-bond acceptors (Lipinski definition) is 2. The van der Waals surface area contributed by atoms with Gasteiger partial charge in [0.15, 0.2) is 0 Å². The van der Waals surface area contributed by atoms with Gasteiger partial charge in [-0.25, -0.2) is 0 Å². The zero-order valence-electron chi connectivity index (χ0n) is 5.71. The standard InChI is InChI=1S/C7H15NO/c8-6-3-1-2-4-7(9)5-6/h6-7,9H,1-5,8H2. The molecule has 2 unspecified atom stereocenters. The van der Waals surface area contributed by atoms with E-state index in [4.69, 9.17) is 5.73 Å². The van der Waals surface area contributed by atoms with E-state index in [1.165, 1.54) is 6.42 Å². The van der Waals surface area contributed by atoms with Gasteiger partial charge in [0.2, 0.25) is 0 Å². The van der Waals surface area contributed by atoms with Crippen LogP contribution in [-0.2, 0) is 0 Å². The van der Waals surface area contributed by atoms with Gasteiger partial charge in [-0.05, 0) is 19.3 Å². The lowest BCUT2D eigenvalue weighted by molar-refractivity contribution is 0.152. The van der Waals surface area contributed by atoms with Gasteiger partial charge in [0, 0.05) is 6.04 Å². The topological polar surface area (TPSA) is 46.2 Å². The van der Waals surface area contributed by atoms with Crippen molar-refractivity contribution in [2.24, 2.45) is 5.73 Å². The SMILES string of the molecule is NC1CCCCC(O)C1. The largest absolute Gasteiger partial charge is 0.393 e. The number of aliphatic hydroxyl groups is 1. The van der Waals surface area contributed by atoms with Crippen LogP contribution in [0.3, 0.4) is 0 Å². The molecule has 2 atom stereocenters. The summed E-state index contributed by atoms with van der Waals surface area (Å²) >= 11 is 0. The van der Waals surface area contributed by atoms with Gasteiger partial charge in [0.1, 0.15) is 0 Å². The quantitative estimate of drug-likeness (QED) is 0.471. The summed E-state index contributed by atoms with van der Waals surface area (Å²) < 4.78 is 0. The zero-order valence-corrected chi connectivity index (χ0v) is 5.71. The van der Waals surface area contributed by atoms with Crippen LogP contribution in [0.4, 0.5) is 0 Å². The maximum absolute atomic E-state index is 9.18. The van der Waals surface area contributed by atoms with Gasteiger partial charge in [-0.2, -0.15) is 0 Å². The molecular formula is C7H15NO. The summed E-state index contributed by atoms with van der Waals surface area (Å²) in [6, 6.07) is 0.252. The molecule has 1 aliphatic carbocycles. The molecule has 0 aromatic rings. The lowest BCUT2D eigenvalue weighted by Gasteiger charge is -2.09. The third-order valence-electron chi connectivity index (χ3n) is 1.94. The van der Waals surface area contributed by atoms with Gasteiger partial charge in [0.25, 0.3) is 0 Å². The molecule has 3 N–H and O–H groups in total. The molecular weight excluding hydrogens is 114 g/mol. The summed E-state index contributed by atoms with van der Waals surface area (Å²) in [6.45, 7) is 0. The fourth-order valence-corrected chi connectivity index (χ4v) is 1.37. The van der Waals surface area contributed by atoms with E-state index in [1.54, 1.807) is 0 Å². The second kappa shape index (κ2) is 3.18. The van der Waals surface area contributed by atoms with Crippen molar-refractivity contribution in [3.05, 3.63) is 0 Å². The fraction of sp³-hybridized carbons (Fsp3) is 1.00. The molecule has 0 heterocycles. The van der Waals surface area contributed by atoms with Gasteiger partial charge < -0.3 is 10.8 Å². The van der Waals surface area contributed by atoms with Crippen molar-refractivity contribution >= 4 is 0 Å². The number of rotatable bonds is 0. The van der Waals surface area contributed by atoms with Crippen molar-refractivity contribution in [1.29, 1.82) is 0 Å². The van der Waals surface area contributed by atoms with Crippen LogP contribution in [0.2, 0.25) is 0 Å². The molecule has 0 aromatic heterocycles. The van der Waals surface area contributed by atoms with E-state index in [1.807, 2.05) is 0 Å². The lowest BCUT2D eigenvalue weighted by Crippen LogP contribution is -2.23. The number of nitrogens with two attached hydrogens (primary N) is 1. The van der Waals surface area contributed by atoms with Crippen LogP contribution in [0.25, 0.3) is 0 Å². The Hall–Kier alpha value is -0.0800. The van der Waals surface area contributed by atoms with E-state index in [2.05, 4.69) is 0 Å².